The average molecular weight is 562 g/mol. The summed E-state index contributed by atoms with van der Waals surface area (Å²) in [5.41, 5.74) is -0.335. The van der Waals surface area contributed by atoms with Gasteiger partial charge in [0.2, 0.25) is 0 Å². The predicted molar refractivity (Wildman–Crippen MR) is 113 cm³/mol. The van der Waals surface area contributed by atoms with Crippen molar-refractivity contribution in [3.8, 4) is 0 Å². The first-order valence-corrected chi connectivity index (χ1v) is 10.8. The highest BCUT2D eigenvalue weighted by Gasteiger charge is 2.46. The van der Waals surface area contributed by atoms with E-state index >= 15 is 0 Å². The number of amides is 1. The summed E-state index contributed by atoms with van der Waals surface area (Å²) in [6.45, 7) is -2.06. The van der Waals surface area contributed by atoms with Gasteiger partial charge in [0.15, 0.2) is 6.10 Å². The summed E-state index contributed by atoms with van der Waals surface area (Å²) in [4.78, 5) is 21.6. The highest BCUT2D eigenvalue weighted by molar-refractivity contribution is 6.30. The molecule has 0 bridgehead atoms. The highest BCUT2D eigenvalue weighted by atomic mass is 35.5. The number of hydrogen-bond acceptors (Lipinski definition) is 4. The minimum absolute atomic E-state index is 0.0797. The fourth-order valence-electron chi connectivity index (χ4n) is 3.68. The number of nitrogens with one attached hydrogen (secondary N) is 1. The summed E-state index contributed by atoms with van der Waals surface area (Å²) in [5.74, 6) is -4.35. The molecule has 1 saturated carbocycles. The van der Waals surface area contributed by atoms with Gasteiger partial charge < -0.3 is 10.2 Å². The molecule has 0 spiro atoms. The maximum Gasteiger partial charge on any atom is 0.416 e. The van der Waals surface area contributed by atoms with E-state index in [2.05, 4.69) is 15.5 Å². The third kappa shape index (κ3) is 7.05. The molecule has 2 aromatic rings. The third-order valence-corrected chi connectivity index (χ3v) is 5.75. The van der Waals surface area contributed by atoms with Crippen molar-refractivity contribution in [1.82, 2.24) is 10.3 Å². The first kappa shape index (κ1) is 28.5. The van der Waals surface area contributed by atoms with Gasteiger partial charge in [-0.05, 0) is 30.7 Å². The van der Waals surface area contributed by atoms with E-state index in [1.165, 1.54) is 12.3 Å². The molecule has 5 nitrogen and oxygen atoms in total. The normalized spacial score (nSPS) is 18.9. The molecule has 1 aliphatic carbocycles. The highest BCUT2D eigenvalue weighted by Crippen LogP contribution is 2.39. The van der Waals surface area contributed by atoms with Gasteiger partial charge in [-0.3, -0.25) is 9.78 Å². The Bertz CT molecular complexity index is 1190. The second-order valence-corrected chi connectivity index (χ2v) is 8.67. The quantitative estimate of drug-likeness (QED) is 0.419. The van der Waals surface area contributed by atoms with Crippen LogP contribution in [0.3, 0.4) is 0 Å². The molecule has 2 heterocycles. The molecule has 1 atom stereocenters. The third-order valence-electron chi connectivity index (χ3n) is 5.48. The van der Waals surface area contributed by atoms with Crippen molar-refractivity contribution < 1.29 is 49.1 Å². The standard InChI is InChI=1S/C21H16ClF6N3O2.CHF3/c1-9-2-15(29-8-13(9)19(32)30-11-6-20(24,25)7-11)16-5-17(33-31-16)12-3-10(21(26,27)28)4-14(22)18(12)23;2-1(3)4/h2-4,8,11,17H,5-7H2,1H3,(H,30,32);1H. The Morgan fingerprint density at radius 1 is 1.19 bits per heavy atom. The lowest BCUT2D eigenvalue weighted by molar-refractivity contribution is -0.137. The smallest absolute Gasteiger partial charge is 0.387 e. The molecule has 1 aliphatic heterocycles. The molecular weight excluding hydrogens is 545 g/mol. The zero-order valence-electron chi connectivity index (χ0n) is 18.7. The summed E-state index contributed by atoms with van der Waals surface area (Å²) in [6.07, 6.45) is -5.55. The number of alkyl halides is 8. The Hall–Kier alpha value is -3.03. The molecule has 1 aromatic carbocycles. The van der Waals surface area contributed by atoms with Crippen LogP contribution in [0.1, 0.15) is 58.1 Å². The Balaban J connectivity index is 0.000000886. The number of halogens is 10. The van der Waals surface area contributed by atoms with E-state index in [0.717, 1.165) is 0 Å². The van der Waals surface area contributed by atoms with Crippen molar-refractivity contribution in [2.75, 3.05) is 0 Å². The minimum Gasteiger partial charge on any atom is -0.387 e. The van der Waals surface area contributed by atoms with E-state index in [9.17, 15) is 44.3 Å². The number of hydrogen-bond donors (Lipinski definition) is 1. The minimum atomic E-state index is -4.72. The zero-order valence-corrected chi connectivity index (χ0v) is 19.4. The van der Waals surface area contributed by atoms with E-state index in [1.54, 1.807) is 6.92 Å². The second-order valence-electron chi connectivity index (χ2n) is 8.26. The number of carbonyl (C=O) groups excluding carboxylic acids is 1. The van der Waals surface area contributed by atoms with Gasteiger partial charge in [-0.15, -0.1) is 0 Å². The van der Waals surface area contributed by atoms with Gasteiger partial charge >= 0.3 is 12.9 Å². The molecule has 1 aromatic heterocycles. The Morgan fingerprint density at radius 2 is 1.81 bits per heavy atom. The number of pyridine rings is 1. The van der Waals surface area contributed by atoms with Gasteiger partial charge in [-0.1, -0.05) is 16.8 Å². The number of aromatic nitrogens is 1. The van der Waals surface area contributed by atoms with Gasteiger partial charge in [-0.2, -0.15) is 26.3 Å². The Labute approximate surface area is 208 Å². The number of aryl methyl sites for hydroxylation is 1. The second kappa shape index (κ2) is 10.8. The predicted octanol–water partition coefficient (Wildman–Crippen LogP) is 6.77. The first-order chi connectivity index (χ1) is 17.1. The van der Waals surface area contributed by atoms with Crippen LogP contribution in [-0.4, -0.2) is 35.2 Å². The molecule has 202 valence electrons. The van der Waals surface area contributed by atoms with Crippen molar-refractivity contribution in [2.45, 2.75) is 57.1 Å². The van der Waals surface area contributed by atoms with Crippen LogP contribution < -0.4 is 5.32 Å². The van der Waals surface area contributed by atoms with E-state index in [1.807, 2.05) is 0 Å². The van der Waals surface area contributed by atoms with Crippen LogP contribution in [0.2, 0.25) is 5.02 Å². The number of rotatable bonds is 4. The molecule has 37 heavy (non-hydrogen) atoms. The van der Waals surface area contributed by atoms with Crippen molar-refractivity contribution in [3.05, 3.63) is 63.2 Å². The molecule has 2 aliphatic rings. The summed E-state index contributed by atoms with van der Waals surface area (Å²) in [5, 5.41) is 5.63. The molecule has 0 saturated heterocycles. The molecule has 1 N–H and O–H groups in total. The molecular formula is C22H17ClF9N3O2. The number of oxime groups is 1. The molecule has 1 fully saturated rings. The van der Waals surface area contributed by atoms with Gasteiger partial charge in [0.05, 0.1) is 21.8 Å². The van der Waals surface area contributed by atoms with E-state index in [4.69, 9.17) is 16.4 Å². The maximum atomic E-state index is 14.4. The number of benzene rings is 1. The van der Waals surface area contributed by atoms with Gasteiger partial charge in [0, 0.05) is 37.1 Å². The lowest BCUT2D eigenvalue weighted by Gasteiger charge is -2.35. The van der Waals surface area contributed by atoms with E-state index < -0.39 is 71.6 Å². The van der Waals surface area contributed by atoms with E-state index in [0.29, 0.717) is 17.7 Å². The van der Waals surface area contributed by atoms with Crippen LogP contribution in [0.15, 0.2) is 29.6 Å². The summed E-state index contributed by atoms with van der Waals surface area (Å²) in [6, 6.07) is 2.01. The largest absolute Gasteiger partial charge is 0.416 e. The summed E-state index contributed by atoms with van der Waals surface area (Å²) >= 11 is 5.63. The van der Waals surface area contributed by atoms with Crippen LogP contribution >= 0.6 is 11.6 Å². The SMILES string of the molecule is Cc1cc(C2=NOC(c3cc(C(F)(F)F)cc(Cl)c3F)C2)ncc1C(=O)NC1CC(F)(F)C1.FC(F)F. The Morgan fingerprint density at radius 3 is 2.35 bits per heavy atom. The van der Waals surface area contributed by atoms with Gasteiger partial charge in [-0.25, -0.2) is 13.2 Å². The molecule has 0 radical (unpaired) electrons. The van der Waals surface area contributed by atoms with Crippen molar-refractivity contribution >= 4 is 23.2 Å². The van der Waals surface area contributed by atoms with E-state index in [-0.39, 0.29) is 23.4 Å². The molecule has 4 rings (SSSR count). The van der Waals surface area contributed by atoms with Crippen LogP contribution in [-0.2, 0) is 11.0 Å². The fourth-order valence-corrected chi connectivity index (χ4v) is 3.91. The fraction of sp³-hybridized carbons (Fsp3) is 0.409. The van der Waals surface area contributed by atoms with Gasteiger partial charge in [0.1, 0.15) is 11.5 Å². The molecule has 15 heteroatoms. The van der Waals surface area contributed by atoms with Crippen LogP contribution in [0.5, 0.6) is 0 Å². The maximum absolute atomic E-state index is 14.4. The average Bonchev–Trinajstić information content (AvgIpc) is 3.23. The van der Waals surface area contributed by atoms with Crippen molar-refractivity contribution in [1.29, 1.82) is 0 Å². The van der Waals surface area contributed by atoms with Crippen LogP contribution in [0.4, 0.5) is 39.5 Å². The number of nitrogens with zero attached hydrogens (tertiary/aromatic N) is 2. The van der Waals surface area contributed by atoms with Crippen LogP contribution in [0.25, 0.3) is 0 Å². The topological polar surface area (TPSA) is 63.6 Å². The van der Waals surface area contributed by atoms with Crippen molar-refractivity contribution in [2.24, 2.45) is 5.16 Å². The monoisotopic (exact) mass is 561 g/mol. The zero-order chi connectivity index (χ0) is 27.7. The number of carbonyl (C=O) groups is 1. The summed E-state index contributed by atoms with van der Waals surface area (Å²) < 4.78 is 109. The summed E-state index contributed by atoms with van der Waals surface area (Å²) in [7, 11) is 0. The Kier molecular flexibility index (Phi) is 8.30. The lowest BCUT2D eigenvalue weighted by Crippen LogP contribution is -2.50. The molecule has 1 amide bonds. The van der Waals surface area contributed by atoms with Crippen LogP contribution in [0, 0.1) is 12.7 Å². The first-order valence-electron chi connectivity index (χ1n) is 10.4. The van der Waals surface area contributed by atoms with Crippen molar-refractivity contribution in [3.63, 3.8) is 0 Å². The van der Waals surface area contributed by atoms with Gasteiger partial charge in [0.25, 0.3) is 11.8 Å². The molecule has 1 unspecified atom stereocenters. The lowest BCUT2D eigenvalue weighted by atomic mass is 9.88.